The van der Waals surface area contributed by atoms with Crippen LogP contribution in [0.4, 0.5) is 4.39 Å². The Hall–Kier alpha value is -2.86. The number of ether oxygens (including phenoxy) is 2. The first kappa shape index (κ1) is 37.0. The Morgan fingerprint density at radius 2 is 1.70 bits per heavy atom. The van der Waals surface area contributed by atoms with Crippen molar-refractivity contribution < 1.29 is 38.5 Å². The van der Waals surface area contributed by atoms with Gasteiger partial charge in [-0.05, 0) is 42.9 Å². The molecule has 3 N–H and O–H groups in total. The Bertz CT molecular complexity index is 1570. The molecule has 2 amide bonds. The molecule has 2 aromatic carbocycles. The molecule has 0 aromatic heterocycles. The Morgan fingerprint density at radius 1 is 1.11 bits per heavy atom. The van der Waals surface area contributed by atoms with E-state index in [-0.39, 0.29) is 29.8 Å². The summed E-state index contributed by atoms with van der Waals surface area (Å²) in [4.78, 5) is 42.7. The number of aliphatic hydroxyl groups is 2. The molecule has 0 bridgehead atoms. The van der Waals surface area contributed by atoms with Gasteiger partial charge in [0.15, 0.2) is 23.5 Å². The van der Waals surface area contributed by atoms with Gasteiger partial charge in [-0.1, -0.05) is 18.2 Å². The molecule has 2 aromatic rings. The molecular formula is C28H42B8FN3O7. The topological polar surface area (TPSA) is 129 Å². The standard InChI is InChI=1S/C28H42B8FN3O7/c1-13-10-39(11-14(2)46-13)26(31,32)15-7-8-18(37)17(9-15)28(35,36)47-19-6-4-5-16-20(19)27(33,34)40(23(16)43)21(22(42)38-3)25(30,45)24(29,44)12-41/h4-9,12-14,21,44-45H,10-11,29-36H2,1-3H3,(H,38,42). The summed E-state index contributed by atoms with van der Waals surface area (Å²) < 4.78 is 28.2. The zero-order valence-electron chi connectivity index (χ0n) is 29.4. The third-order valence-corrected chi connectivity index (χ3v) is 10.1. The second-order valence-corrected chi connectivity index (χ2v) is 14.9. The summed E-state index contributed by atoms with van der Waals surface area (Å²) in [6, 6.07) is 8.28. The van der Waals surface area contributed by atoms with E-state index in [1.807, 2.05) is 19.9 Å². The van der Waals surface area contributed by atoms with Crippen molar-refractivity contribution in [2.24, 2.45) is 0 Å². The number of morpholine rings is 1. The SMILES string of the molecule is BC(B)(Oc1cccc2c1C(B)(B)N(C(C(=O)NC)C(B)(O)C(B)(O)C=O)C2=O)c1cc(C(B)(B)N2CC(C)OC(C)C2)ccc1F. The van der Waals surface area contributed by atoms with E-state index in [1.165, 1.54) is 18.0 Å². The summed E-state index contributed by atoms with van der Waals surface area (Å²) in [7, 11) is 14.6. The summed E-state index contributed by atoms with van der Waals surface area (Å²) in [6.07, 6.45) is 0.254. The molecule has 1 fully saturated rings. The number of fused-ring (bicyclic) bond motifs is 1. The van der Waals surface area contributed by atoms with Crippen LogP contribution in [0.2, 0.25) is 0 Å². The molecule has 242 valence electrons. The smallest absolute Gasteiger partial charge is 0.254 e. The molecule has 19 heteroatoms. The first-order valence-corrected chi connectivity index (χ1v) is 16.0. The van der Waals surface area contributed by atoms with Crippen molar-refractivity contribution in [1.29, 1.82) is 0 Å². The average Bonchev–Trinajstić information content (AvgIpc) is 3.17. The number of hydrogen-bond acceptors (Lipinski definition) is 8. The molecule has 2 aliphatic rings. The fraction of sp³-hybridized carbons (Fsp3) is 0.464. The Balaban J connectivity index is 1.77. The van der Waals surface area contributed by atoms with E-state index >= 15 is 4.39 Å². The van der Waals surface area contributed by atoms with Crippen molar-refractivity contribution in [3.05, 3.63) is 64.5 Å². The number of aldehydes is 1. The molecule has 0 radical (unpaired) electrons. The van der Waals surface area contributed by atoms with Crippen LogP contribution in [0.5, 0.6) is 5.75 Å². The highest BCUT2D eigenvalue weighted by molar-refractivity contribution is 6.44. The maximum Gasteiger partial charge on any atom is 0.254 e. The fourth-order valence-electron chi connectivity index (χ4n) is 7.04. The lowest BCUT2D eigenvalue weighted by Gasteiger charge is -2.48. The van der Waals surface area contributed by atoms with Gasteiger partial charge in [-0.15, -0.1) is 0 Å². The van der Waals surface area contributed by atoms with Crippen LogP contribution in [-0.2, 0) is 30.4 Å². The lowest BCUT2D eigenvalue weighted by Crippen LogP contribution is -2.73. The predicted molar refractivity (Wildman–Crippen MR) is 198 cm³/mol. The molecule has 0 spiro atoms. The van der Waals surface area contributed by atoms with E-state index in [1.54, 1.807) is 55.7 Å². The molecule has 2 aliphatic heterocycles. The van der Waals surface area contributed by atoms with Crippen molar-refractivity contribution in [1.82, 2.24) is 15.1 Å². The van der Waals surface area contributed by atoms with E-state index in [0.717, 1.165) is 34.3 Å². The molecule has 47 heavy (non-hydrogen) atoms. The molecule has 0 saturated carbocycles. The molecular weight excluding hydrogens is 596 g/mol. The van der Waals surface area contributed by atoms with Gasteiger partial charge >= 0.3 is 0 Å². The van der Waals surface area contributed by atoms with Crippen molar-refractivity contribution >= 4 is 80.9 Å². The van der Waals surface area contributed by atoms with Gasteiger partial charge in [0, 0.05) is 42.2 Å². The van der Waals surface area contributed by atoms with Gasteiger partial charge in [0.25, 0.3) is 5.91 Å². The summed E-state index contributed by atoms with van der Waals surface area (Å²) in [5.41, 5.74) is -2.92. The van der Waals surface area contributed by atoms with Gasteiger partial charge in [-0.2, -0.15) is 0 Å². The van der Waals surface area contributed by atoms with Crippen LogP contribution < -0.4 is 10.1 Å². The van der Waals surface area contributed by atoms with Gasteiger partial charge in [-0.3, -0.25) is 9.59 Å². The minimum atomic E-state index is -2.39. The Kier molecular flexibility index (Phi) is 9.87. The average molecular weight is 638 g/mol. The van der Waals surface area contributed by atoms with Crippen molar-refractivity contribution in [3.8, 4) is 5.75 Å². The Labute approximate surface area is 283 Å². The monoisotopic (exact) mass is 639 g/mol. The van der Waals surface area contributed by atoms with Gasteiger partial charge in [0.05, 0.1) is 23.1 Å². The van der Waals surface area contributed by atoms with E-state index in [2.05, 4.69) is 25.9 Å². The minimum absolute atomic E-state index is 0.0554. The second kappa shape index (κ2) is 12.5. The maximum absolute atomic E-state index is 15.7. The number of rotatable bonds is 10. The van der Waals surface area contributed by atoms with Crippen molar-refractivity contribution in [2.75, 3.05) is 20.1 Å². The van der Waals surface area contributed by atoms with E-state index in [4.69, 9.17) is 9.47 Å². The minimum Gasteiger partial charge on any atom is -0.501 e. The van der Waals surface area contributed by atoms with Crippen LogP contribution in [0.1, 0.15) is 40.9 Å². The highest BCUT2D eigenvalue weighted by Crippen LogP contribution is 2.45. The van der Waals surface area contributed by atoms with Gasteiger partial charge in [-0.25, -0.2) is 4.39 Å². The molecule has 2 heterocycles. The highest BCUT2D eigenvalue weighted by Gasteiger charge is 2.59. The number of nitrogens with one attached hydrogen (secondary N) is 1. The lowest BCUT2D eigenvalue weighted by atomic mass is 9.52. The summed E-state index contributed by atoms with van der Waals surface area (Å²) in [5.74, 6) is -1.55. The van der Waals surface area contributed by atoms with Crippen molar-refractivity contribution in [2.45, 2.75) is 59.2 Å². The molecule has 1 saturated heterocycles. The number of nitrogens with zero attached hydrogens (tertiary/aromatic N) is 2. The number of halogens is 1. The molecule has 0 aliphatic carbocycles. The van der Waals surface area contributed by atoms with Crippen LogP contribution in [-0.4, -0.2) is 150 Å². The first-order valence-electron chi connectivity index (χ1n) is 16.0. The van der Waals surface area contributed by atoms with Crippen LogP contribution in [0.25, 0.3) is 0 Å². The molecule has 4 rings (SSSR count). The largest absolute Gasteiger partial charge is 0.501 e. The van der Waals surface area contributed by atoms with E-state index in [0.29, 0.717) is 11.1 Å². The van der Waals surface area contributed by atoms with Crippen LogP contribution in [0.3, 0.4) is 0 Å². The van der Waals surface area contributed by atoms with E-state index < -0.39 is 50.7 Å². The number of benzene rings is 2. The quantitative estimate of drug-likeness (QED) is 0.173. The van der Waals surface area contributed by atoms with Gasteiger partial charge in [0.2, 0.25) is 5.91 Å². The number of hydrogen-bond donors (Lipinski definition) is 3. The number of likely N-dealkylation sites (N-methyl/N-ethyl adjacent to an activating group) is 1. The van der Waals surface area contributed by atoms with Crippen LogP contribution in [0.15, 0.2) is 36.4 Å². The normalized spacial score (nSPS) is 23.2. The highest BCUT2D eigenvalue weighted by atomic mass is 19.1. The second-order valence-electron chi connectivity index (χ2n) is 14.9. The fourth-order valence-corrected chi connectivity index (χ4v) is 7.04. The zero-order valence-corrected chi connectivity index (χ0v) is 29.4. The molecule has 5 unspecified atom stereocenters. The number of carbonyl (C=O) groups is 3. The number of carbonyl (C=O) groups excluding carboxylic acids is 3. The summed E-state index contributed by atoms with van der Waals surface area (Å²) in [6.45, 7) is 5.54. The first-order chi connectivity index (χ1) is 21.5. The van der Waals surface area contributed by atoms with Crippen LogP contribution in [0, 0.1) is 5.82 Å². The summed E-state index contributed by atoms with van der Waals surface area (Å²) in [5, 5.41) is 21.9. The van der Waals surface area contributed by atoms with Gasteiger partial charge < -0.3 is 39.6 Å². The van der Waals surface area contributed by atoms with Gasteiger partial charge in [0.1, 0.15) is 68.6 Å². The van der Waals surface area contributed by atoms with E-state index in [9.17, 15) is 24.6 Å². The number of amides is 2. The lowest BCUT2D eigenvalue weighted by molar-refractivity contribution is -0.147. The van der Waals surface area contributed by atoms with Crippen LogP contribution >= 0.6 is 0 Å². The zero-order chi connectivity index (χ0) is 35.5. The van der Waals surface area contributed by atoms with Crippen molar-refractivity contribution in [3.63, 3.8) is 0 Å². The third kappa shape index (κ3) is 6.36. The molecule has 10 nitrogen and oxygen atoms in total. The Morgan fingerprint density at radius 3 is 2.26 bits per heavy atom. The molecule has 5 atom stereocenters. The maximum atomic E-state index is 15.7. The predicted octanol–water partition coefficient (Wildman–Crippen LogP) is -7.44. The third-order valence-electron chi connectivity index (χ3n) is 10.1. The summed E-state index contributed by atoms with van der Waals surface area (Å²) >= 11 is 0.